The van der Waals surface area contributed by atoms with Crippen molar-refractivity contribution in [2.24, 2.45) is 17.6 Å². The molecule has 4 atom stereocenters. The second-order valence-electron chi connectivity index (χ2n) is 11.5. The molecule has 0 spiro atoms. The van der Waals surface area contributed by atoms with E-state index in [1.54, 1.807) is 39.2 Å². The van der Waals surface area contributed by atoms with Gasteiger partial charge in [0.1, 0.15) is 22.8 Å². The Balaban J connectivity index is 1.92. The number of sulfonamides is 1. The van der Waals surface area contributed by atoms with Crippen molar-refractivity contribution in [3.05, 3.63) is 45.4 Å². The molecule has 3 aliphatic rings. The van der Waals surface area contributed by atoms with Gasteiger partial charge in [-0.15, -0.1) is 0 Å². The van der Waals surface area contributed by atoms with Crippen LogP contribution < -0.4 is 15.4 Å². The highest BCUT2D eigenvalue weighted by Gasteiger charge is 2.63. The number of hydrogen-bond donors (Lipinski definition) is 6. The summed E-state index contributed by atoms with van der Waals surface area (Å²) in [6.07, 6.45) is 0.0863. The topological polar surface area (TPSA) is 211 Å². The molecule has 13 nitrogen and oxygen atoms in total. The third kappa shape index (κ3) is 4.49. The zero-order valence-electron chi connectivity index (χ0n) is 23.7. The van der Waals surface area contributed by atoms with E-state index in [2.05, 4.69) is 4.72 Å². The number of phenols is 1. The molecule has 0 heterocycles. The number of nitrogens with zero attached hydrogens (tertiary/aromatic N) is 2. The molecule has 0 unspecified atom stereocenters. The van der Waals surface area contributed by atoms with Gasteiger partial charge < -0.3 is 31.1 Å². The first-order chi connectivity index (χ1) is 18.9. The van der Waals surface area contributed by atoms with E-state index >= 15 is 0 Å². The number of aromatic hydroxyl groups is 1. The first kappa shape index (κ1) is 30.5. The summed E-state index contributed by atoms with van der Waals surface area (Å²) in [4.78, 5) is 42.8. The third-order valence-electron chi connectivity index (χ3n) is 8.34. The largest absolute Gasteiger partial charge is 0.510 e. The van der Waals surface area contributed by atoms with E-state index in [0.717, 1.165) is 0 Å². The summed E-state index contributed by atoms with van der Waals surface area (Å²) < 4.78 is 27.1. The number of phenolic OH excluding ortho intramolecular Hbond substituents is 1. The first-order valence-corrected chi connectivity index (χ1v) is 14.6. The number of fused-ring (bicyclic) bond motifs is 3. The van der Waals surface area contributed by atoms with Crippen LogP contribution in [0.15, 0.2) is 28.7 Å². The molecule has 224 valence electrons. The normalized spacial score (nSPS) is 26.3. The van der Waals surface area contributed by atoms with E-state index in [-0.39, 0.29) is 36.1 Å². The van der Waals surface area contributed by atoms with E-state index in [0.29, 0.717) is 11.3 Å². The van der Waals surface area contributed by atoms with Crippen LogP contribution in [0.25, 0.3) is 0 Å². The maximum atomic E-state index is 14.0. The zero-order valence-corrected chi connectivity index (χ0v) is 24.5. The highest BCUT2D eigenvalue weighted by Crippen LogP contribution is 2.53. The lowest BCUT2D eigenvalue weighted by atomic mass is 9.58. The molecule has 0 saturated carbocycles. The van der Waals surface area contributed by atoms with Crippen molar-refractivity contribution in [2.45, 2.75) is 50.1 Å². The number of carbonyl (C=O) groups excluding carboxylic acids is 3. The number of hydrogen-bond acceptors (Lipinski definition) is 11. The molecule has 0 saturated heterocycles. The summed E-state index contributed by atoms with van der Waals surface area (Å²) in [5.74, 6) is -7.40. The number of Topliss-reactive ketones (excluding diaryl/α,β-unsaturated/α-hetero) is 2. The van der Waals surface area contributed by atoms with Crippen LogP contribution >= 0.6 is 0 Å². The number of rotatable bonds is 7. The highest BCUT2D eigenvalue weighted by molar-refractivity contribution is 7.90. The van der Waals surface area contributed by atoms with Crippen LogP contribution in [0.4, 0.5) is 5.69 Å². The van der Waals surface area contributed by atoms with Gasteiger partial charge >= 0.3 is 0 Å². The number of primary amides is 1. The summed E-state index contributed by atoms with van der Waals surface area (Å²) in [5, 5.41) is 44.5. The molecule has 1 aromatic carbocycles. The molecule has 1 aromatic rings. The Hall–Kier alpha value is -3.46. The number of nitrogens with two attached hydrogens (primary N) is 1. The van der Waals surface area contributed by atoms with E-state index in [4.69, 9.17) is 5.73 Å². The number of benzene rings is 1. The lowest BCUT2D eigenvalue weighted by Crippen LogP contribution is -2.63. The van der Waals surface area contributed by atoms with Crippen LogP contribution in [0.3, 0.4) is 0 Å². The standard InChI is InChI=1S/C27H36N4O9S/c1-11(2)41(39,40)29-10-13-9-16(30(3)4)14-7-12-8-15-20(31(5)6)23(34)19(26(28)37)25(36)27(15,38)24(35)17(12)22(33)18(14)21(13)32/h9,11-12,15,20,29,32,34-35,38H,7-8,10H2,1-6H3,(H2,28,37)/t12-,15-,20-,27-/m0/s1. The number of likely N-dealkylation sites (N-methyl/N-ethyl adjacent to an activating group) is 1. The lowest BCUT2D eigenvalue weighted by Gasteiger charge is -2.50. The van der Waals surface area contributed by atoms with Gasteiger partial charge in [-0.2, -0.15) is 0 Å². The summed E-state index contributed by atoms with van der Waals surface area (Å²) >= 11 is 0. The number of aliphatic hydroxyl groups excluding tert-OH is 2. The monoisotopic (exact) mass is 592 g/mol. The van der Waals surface area contributed by atoms with Crippen molar-refractivity contribution >= 4 is 33.2 Å². The van der Waals surface area contributed by atoms with Crippen LogP contribution in [-0.2, 0) is 32.6 Å². The molecular formula is C27H36N4O9S. The van der Waals surface area contributed by atoms with E-state index < -0.39 is 79.1 Å². The fraction of sp³-hybridized carbons (Fsp3) is 0.519. The van der Waals surface area contributed by atoms with Crippen LogP contribution in [0.1, 0.15) is 41.8 Å². The number of allylic oxidation sites excluding steroid dienone is 1. The van der Waals surface area contributed by atoms with Crippen LogP contribution in [0.2, 0.25) is 0 Å². The quantitative estimate of drug-likeness (QED) is 0.232. The highest BCUT2D eigenvalue weighted by atomic mass is 32.2. The predicted octanol–water partition coefficient (Wildman–Crippen LogP) is 0.0144. The minimum Gasteiger partial charge on any atom is -0.510 e. The molecule has 4 rings (SSSR count). The summed E-state index contributed by atoms with van der Waals surface area (Å²) in [7, 11) is 2.85. The average molecular weight is 593 g/mol. The number of aliphatic hydroxyl groups is 3. The summed E-state index contributed by atoms with van der Waals surface area (Å²) in [5.41, 5.74) is 2.36. The maximum Gasteiger partial charge on any atom is 0.255 e. The fourth-order valence-electron chi connectivity index (χ4n) is 6.23. The van der Waals surface area contributed by atoms with Gasteiger partial charge in [-0.1, -0.05) is 0 Å². The van der Waals surface area contributed by atoms with Crippen molar-refractivity contribution in [3.8, 4) is 5.75 Å². The Morgan fingerprint density at radius 2 is 1.78 bits per heavy atom. The Kier molecular flexibility index (Phi) is 7.53. The van der Waals surface area contributed by atoms with Gasteiger partial charge in [0.15, 0.2) is 11.4 Å². The van der Waals surface area contributed by atoms with Gasteiger partial charge in [-0.05, 0) is 58.3 Å². The molecule has 1 amide bonds. The minimum absolute atomic E-state index is 0.0324. The Morgan fingerprint density at radius 1 is 1.17 bits per heavy atom. The van der Waals surface area contributed by atoms with E-state index in [1.807, 2.05) is 0 Å². The lowest BCUT2D eigenvalue weighted by molar-refractivity contribution is -0.148. The molecule has 0 fully saturated rings. The Labute approximate surface area is 238 Å². The Bertz CT molecular complexity index is 1530. The second-order valence-corrected chi connectivity index (χ2v) is 13.9. The van der Waals surface area contributed by atoms with E-state index in [9.17, 15) is 43.2 Å². The van der Waals surface area contributed by atoms with Gasteiger partial charge in [-0.25, -0.2) is 13.1 Å². The Morgan fingerprint density at radius 3 is 2.29 bits per heavy atom. The van der Waals surface area contributed by atoms with E-state index in [1.165, 1.54) is 18.7 Å². The zero-order chi connectivity index (χ0) is 30.9. The van der Waals surface area contributed by atoms with Gasteiger partial charge in [-0.3, -0.25) is 19.3 Å². The molecule has 3 aliphatic carbocycles. The van der Waals surface area contributed by atoms with Gasteiger partial charge in [0.2, 0.25) is 15.8 Å². The molecule has 0 radical (unpaired) electrons. The molecule has 0 aliphatic heterocycles. The number of carbonyl (C=O) groups is 3. The first-order valence-electron chi connectivity index (χ1n) is 13.1. The number of anilines is 1. The molecule has 0 bridgehead atoms. The third-order valence-corrected chi connectivity index (χ3v) is 10.1. The molecular weight excluding hydrogens is 556 g/mol. The van der Waals surface area contributed by atoms with Gasteiger partial charge in [0, 0.05) is 43.4 Å². The molecule has 0 aromatic heterocycles. The number of nitrogens with one attached hydrogen (secondary N) is 1. The minimum atomic E-state index is -3.71. The molecule has 14 heteroatoms. The van der Waals surface area contributed by atoms with Gasteiger partial charge in [0.25, 0.3) is 5.91 Å². The van der Waals surface area contributed by atoms with Crippen LogP contribution in [0, 0.1) is 11.8 Å². The van der Waals surface area contributed by atoms with Crippen molar-refractivity contribution < 1.29 is 43.2 Å². The second kappa shape index (κ2) is 10.1. The van der Waals surface area contributed by atoms with Crippen molar-refractivity contribution in [1.29, 1.82) is 0 Å². The number of ketones is 2. The fourth-order valence-corrected chi connectivity index (χ4v) is 6.92. The predicted molar refractivity (Wildman–Crippen MR) is 149 cm³/mol. The number of amides is 1. The van der Waals surface area contributed by atoms with Crippen LogP contribution in [0.5, 0.6) is 5.75 Å². The SMILES string of the molecule is CC(C)S(=O)(=O)NCc1cc(N(C)C)c2c(c1O)C(=O)C1=C(O)[C@]3(O)C(=O)C(C(N)=O)=C(O)[C@@H](N(C)C)[C@@H]3C[C@@H]1C2. The van der Waals surface area contributed by atoms with Crippen molar-refractivity contribution in [3.63, 3.8) is 0 Å². The summed E-state index contributed by atoms with van der Waals surface area (Å²) in [6, 6.07) is 0.497. The molecule has 41 heavy (non-hydrogen) atoms. The van der Waals surface area contributed by atoms with Gasteiger partial charge in [0.05, 0.1) is 16.9 Å². The smallest absolute Gasteiger partial charge is 0.255 e. The molecule has 7 N–H and O–H groups in total. The average Bonchev–Trinajstić information content (AvgIpc) is 2.85. The van der Waals surface area contributed by atoms with Crippen molar-refractivity contribution in [1.82, 2.24) is 9.62 Å². The van der Waals surface area contributed by atoms with Crippen molar-refractivity contribution in [2.75, 3.05) is 33.1 Å². The summed E-state index contributed by atoms with van der Waals surface area (Å²) in [6.45, 7) is 2.67. The maximum absolute atomic E-state index is 14.0. The van der Waals surface area contributed by atoms with Crippen LogP contribution in [-0.4, -0.2) is 96.3 Å².